The van der Waals surface area contributed by atoms with Gasteiger partial charge in [0.2, 0.25) is 10.0 Å². The molecular weight excluding hydrogens is 472 g/mol. The van der Waals surface area contributed by atoms with Crippen molar-refractivity contribution in [2.24, 2.45) is 0 Å². The van der Waals surface area contributed by atoms with Crippen molar-refractivity contribution in [3.63, 3.8) is 0 Å². The van der Waals surface area contributed by atoms with Gasteiger partial charge in [-0.15, -0.1) is 12.3 Å². The van der Waals surface area contributed by atoms with E-state index in [0.29, 0.717) is 28.2 Å². The predicted molar refractivity (Wildman–Crippen MR) is 123 cm³/mol. The molecule has 1 aromatic heterocycles. The van der Waals surface area contributed by atoms with Crippen molar-refractivity contribution in [1.29, 1.82) is 0 Å². The molecule has 172 valence electrons. The maximum absolute atomic E-state index is 13.0. The lowest BCUT2D eigenvalue weighted by atomic mass is 10.1. The van der Waals surface area contributed by atoms with Gasteiger partial charge in [-0.2, -0.15) is 0 Å². The van der Waals surface area contributed by atoms with Crippen LogP contribution in [0.3, 0.4) is 0 Å². The number of nitro benzene ring substituents is 1. The van der Waals surface area contributed by atoms with Crippen molar-refractivity contribution in [2.75, 3.05) is 6.54 Å². The first-order valence-electron chi connectivity index (χ1n) is 9.58. The summed E-state index contributed by atoms with van der Waals surface area (Å²) in [5.41, 5.74) is 1.82. The molecule has 33 heavy (non-hydrogen) atoms. The number of carboxylic acid groups (broad SMARTS) is 1. The third-order valence-corrected chi connectivity index (χ3v) is 6.62. The number of fused-ring (bicyclic) bond motifs is 1. The maximum atomic E-state index is 13.0. The molecule has 0 fully saturated rings. The highest BCUT2D eigenvalue weighted by molar-refractivity contribution is 7.89. The SMILES string of the molecule is C#CCc1cc([N+](=O)[O-])ccc1S(=O)(=O)NCc1[nH]c2ccc(Cl)cc2c1CCNC(=O)O. The number of aromatic amines is 1. The van der Waals surface area contributed by atoms with Gasteiger partial charge >= 0.3 is 6.09 Å². The highest BCUT2D eigenvalue weighted by atomic mass is 35.5. The van der Waals surface area contributed by atoms with E-state index in [1.165, 1.54) is 0 Å². The maximum Gasteiger partial charge on any atom is 0.404 e. The van der Waals surface area contributed by atoms with E-state index < -0.39 is 21.0 Å². The van der Waals surface area contributed by atoms with Crippen LogP contribution in [0.4, 0.5) is 10.5 Å². The molecule has 0 bridgehead atoms. The first kappa shape index (κ1) is 24.1. The van der Waals surface area contributed by atoms with Crippen molar-refractivity contribution in [2.45, 2.75) is 24.3 Å². The van der Waals surface area contributed by atoms with Crippen molar-refractivity contribution < 1.29 is 23.2 Å². The minimum absolute atomic E-state index is 0.102. The molecule has 10 nitrogen and oxygen atoms in total. The molecule has 0 aliphatic rings. The molecule has 1 amide bonds. The number of aromatic nitrogens is 1. The highest BCUT2D eigenvalue weighted by Crippen LogP contribution is 2.27. The van der Waals surface area contributed by atoms with Gasteiger partial charge in [0.15, 0.2) is 0 Å². The Bertz CT molecular complexity index is 1380. The number of H-pyrrole nitrogens is 1. The fourth-order valence-electron chi connectivity index (χ4n) is 3.44. The van der Waals surface area contributed by atoms with Crippen LogP contribution in [0.25, 0.3) is 10.9 Å². The van der Waals surface area contributed by atoms with E-state index in [-0.39, 0.29) is 35.7 Å². The minimum atomic E-state index is -4.07. The number of hydrogen-bond acceptors (Lipinski definition) is 5. The summed E-state index contributed by atoms with van der Waals surface area (Å²) in [6, 6.07) is 8.52. The number of rotatable bonds is 9. The second kappa shape index (κ2) is 9.91. The van der Waals surface area contributed by atoms with E-state index in [2.05, 4.69) is 20.9 Å². The average molecular weight is 491 g/mol. The van der Waals surface area contributed by atoms with Crippen LogP contribution in [-0.4, -0.2) is 36.1 Å². The first-order chi connectivity index (χ1) is 15.6. The molecule has 1 heterocycles. The summed E-state index contributed by atoms with van der Waals surface area (Å²) in [7, 11) is -4.07. The second-order valence-corrected chi connectivity index (χ2v) is 9.18. The number of sulfonamides is 1. The first-order valence-corrected chi connectivity index (χ1v) is 11.4. The number of nitrogens with zero attached hydrogens (tertiary/aromatic N) is 1. The molecule has 0 spiro atoms. The molecule has 0 saturated carbocycles. The van der Waals surface area contributed by atoms with Gasteiger partial charge in [-0.1, -0.05) is 11.6 Å². The van der Waals surface area contributed by atoms with E-state index in [4.69, 9.17) is 23.1 Å². The van der Waals surface area contributed by atoms with Crippen LogP contribution in [0, 0.1) is 22.5 Å². The van der Waals surface area contributed by atoms with Crippen molar-refractivity contribution in [1.82, 2.24) is 15.0 Å². The van der Waals surface area contributed by atoms with Crippen molar-refractivity contribution in [3.8, 4) is 12.3 Å². The summed E-state index contributed by atoms with van der Waals surface area (Å²) in [5.74, 6) is 2.31. The van der Waals surface area contributed by atoms with Gasteiger partial charge in [-0.3, -0.25) is 10.1 Å². The number of benzene rings is 2. The Morgan fingerprint density at radius 3 is 2.70 bits per heavy atom. The Morgan fingerprint density at radius 2 is 2.03 bits per heavy atom. The zero-order valence-corrected chi connectivity index (χ0v) is 18.7. The quantitative estimate of drug-likeness (QED) is 0.205. The van der Waals surface area contributed by atoms with Gasteiger partial charge in [0.1, 0.15) is 0 Å². The molecule has 3 rings (SSSR count). The zero-order valence-electron chi connectivity index (χ0n) is 17.1. The number of hydrogen-bond donors (Lipinski definition) is 4. The molecule has 0 atom stereocenters. The lowest BCUT2D eigenvalue weighted by Crippen LogP contribution is -2.26. The topological polar surface area (TPSA) is 154 Å². The molecule has 3 aromatic rings. The van der Waals surface area contributed by atoms with E-state index in [0.717, 1.165) is 23.6 Å². The van der Waals surface area contributed by atoms with Crippen LogP contribution >= 0.6 is 11.6 Å². The van der Waals surface area contributed by atoms with Crippen LogP contribution in [0.15, 0.2) is 41.3 Å². The van der Waals surface area contributed by atoms with E-state index in [9.17, 15) is 23.3 Å². The lowest BCUT2D eigenvalue weighted by molar-refractivity contribution is -0.385. The fourth-order valence-corrected chi connectivity index (χ4v) is 4.83. The molecule has 0 aliphatic carbocycles. The summed E-state index contributed by atoms with van der Waals surface area (Å²) in [5, 5.41) is 23.4. The van der Waals surface area contributed by atoms with E-state index in [1.54, 1.807) is 18.2 Å². The van der Waals surface area contributed by atoms with Crippen molar-refractivity contribution >= 4 is 44.3 Å². The van der Waals surface area contributed by atoms with Crippen LogP contribution < -0.4 is 10.0 Å². The van der Waals surface area contributed by atoms with Gasteiger partial charge in [-0.25, -0.2) is 17.9 Å². The Morgan fingerprint density at radius 1 is 1.27 bits per heavy atom. The van der Waals surface area contributed by atoms with Crippen LogP contribution in [0.2, 0.25) is 5.02 Å². The molecule has 0 saturated heterocycles. The summed E-state index contributed by atoms with van der Waals surface area (Å²) >= 11 is 6.10. The van der Waals surface area contributed by atoms with Gasteiger partial charge in [0, 0.05) is 46.7 Å². The Hall–Kier alpha value is -3.59. The monoisotopic (exact) mass is 490 g/mol. The summed E-state index contributed by atoms with van der Waals surface area (Å²) in [6.45, 7) is -0.0211. The van der Waals surface area contributed by atoms with Gasteiger partial charge in [-0.05, 0) is 41.8 Å². The summed E-state index contributed by atoms with van der Waals surface area (Å²) in [6.07, 6.45) is 4.33. The third kappa shape index (κ3) is 5.61. The number of halogens is 1. The Kier molecular flexibility index (Phi) is 7.23. The number of terminal acetylenes is 1. The number of non-ortho nitro benzene ring substituents is 1. The van der Waals surface area contributed by atoms with E-state index in [1.807, 2.05) is 0 Å². The normalized spacial score (nSPS) is 11.3. The second-order valence-electron chi connectivity index (χ2n) is 7.01. The summed E-state index contributed by atoms with van der Waals surface area (Å²) in [4.78, 5) is 24.2. The number of carbonyl (C=O) groups is 1. The standard InChI is InChI=1S/C21H19ClN4O6S/c1-2-3-13-10-15(26(29)30)5-7-20(13)33(31,32)24-12-19-16(8-9-23-21(27)28)17-11-14(22)4-6-18(17)25-19/h1,4-7,10-11,23-25H,3,8-9,12H2,(H,27,28). The van der Waals surface area contributed by atoms with Crippen LogP contribution in [0.5, 0.6) is 0 Å². The smallest absolute Gasteiger partial charge is 0.404 e. The molecule has 12 heteroatoms. The van der Waals surface area contributed by atoms with Gasteiger partial charge in [0.25, 0.3) is 5.69 Å². The van der Waals surface area contributed by atoms with Crippen LogP contribution in [-0.2, 0) is 29.4 Å². The van der Waals surface area contributed by atoms with E-state index >= 15 is 0 Å². The summed E-state index contributed by atoms with van der Waals surface area (Å²) < 4.78 is 28.5. The lowest BCUT2D eigenvalue weighted by Gasteiger charge is -2.11. The molecule has 0 radical (unpaired) electrons. The largest absolute Gasteiger partial charge is 0.465 e. The van der Waals surface area contributed by atoms with Gasteiger partial charge in [0.05, 0.1) is 16.4 Å². The molecular formula is C21H19ClN4O6S. The molecule has 0 aliphatic heterocycles. The number of nitrogens with one attached hydrogen (secondary N) is 3. The van der Waals surface area contributed by atoms with Crippen LogP contribution in [0.1, 0.15) is 16.8 Å². The minimum Gasteiger partial charge on any atom is -0.465 e. The molecule has 4 N–H and O–H groups in total. The number of amides is 1. The highest BCUT2D eigenvalue weighted by Gasteiger charge is 2.22. The molecule has 2 aromatic carbocycles. The Balaban J connectivity index is 1.92. The Labute approximate surface area is 194 Å². The molecule has 0 unspecified atom stereocenters. The zero-order chi connectivity index (χ0) is 24.2. The van der Waals surface area contributed by atoms with Gasteiger partial charge < -0.3 is 15.4 Å². The van der Waals surface area contributed by atoms with Crippen molar-refractivity contribution in [3.05, 3.63) is 68.4 Å². The average Bonchev–Trinajstić information content (AvgIpc) is 3.09. The number of nitro groups is 1. The third-order valence-electron chi connectivity index (χ3n) is 4.88. The fraction of sp³-hybridized carbons (Fsp3) is 0.190. The predicted octanol–water partition coefficient (Wildman–Crippen LogP) is 3.19.